The Balaban J connectivity index is 1.81. The minimum atomic E-state index is 0.00844. The molecule has 0 bridgehead atoms. The Hall–Kier alpha value is -3.14. The SMILES string of the molecule is CCN(Cc1ccccc1)C(=O)c1cncc(N(Cc2ccccc2)C(C)C)c1. The molecule has 3 aromatic rings. The van der Waals surface area contributed by atoms with Gasteiger partial charge in [-0.2, -0.15) is 0 Å². The van der Waals surface area contributed by atoms with Gasteiger partial charge in [0.2, 0.25) is 0 Å². The summed E-state index contributed by atoms with van der Waals surface area (Å²) in [5.74, 6) is 0.00844. The van der Waals surface area contributed by atoms with Crippen molar-refractivity contribution in [1.29, 1.82) is 0 Å². The van der Waals surface area contributed by atoms with Crippen molar-refractivity contribution >= 4 is 11.6 Å². The predicted octanol–water partition coefficient (Wildman–Crippen LogP) is 5.16. The van der Waals surface area contributed by atoms with Gasteiger partial charge >= 0.3 is 0 Å². The van der Waals surface area contributed by atoms with Crippen LogP contribution in [0.25, 0.3) is 0 Å². The second-order valence-corrected chi connectivity index (χ2v) is 7.44. The Labute approximate surface area is 173 Å². The normalized spacial score (nSPS) is 10.8. The number of rotatable bonds is 8. The summed E-state index contributed by atoms with van der Waals surface area (Å²) in [4.78, 5) is 21.7. The molecule has 4 heteroatoms. The fourth-order valence-electron chi connectivity index (χ4n) is 3.37. The van der Waals surface area contributed by atoms with Crippen LogP contribution in [-0.4, -0.2) is 28.4 Å². The Bertz CT molecular complexity index is 910. The molecule has 29 heavy (non-hydrogen) atoms. The maximum atomic E-state index is 13.2. The highest BCUT2D eigenvalue weighted by Gasteiger charge is 2.18. The summed E-state index contributed by atoms with van der Waals surface area (Å²) >= 11 is 0. The van der Waals surface area contributed by atoms with Gasteiger partial charge in [0.25, 0.3) is 5.91 Å². The molecule has 0 fully saturated rings. The zero-order chi connectivity index (χ0) is 20.6. The number of aromatic nitrogens is 1. The topological polar surface area (TPSA) is 36.4 Å². The van der Waals surface area contributed by atoms with E-state index in [-0.39, 0.29) is 11.9 Å². The van der Waals surface area contributed by atoms with E-state index in [1.807, 2.05) is 60.5 Å². The average Bonchev–Trinajstić information content (AvgIpc) is 2.76. The molecule has 1 amide bonds. The summed E-state index contributed by atoms with van der Waals surface area (Å²) in [6.45, 7) is 8.35. The number of amides is 1. The Kier molecular flexibility index (Phi) is 7.01. The molecule has 0 spiro atoms. The van der Waals surface area contributed by atoms with Gasteiger partial charge in [0.15, 0.2) is 0 Å². The highest BCUT2D eigenvalue weighted by molar-refractivity contribution is 5.94. The molecule has 1 aromatic heterocycles. The van der Waals surface area contributed by atoms with E-state index in [2.05, 4.69) is 48.0 Å². The average molecular weight is 388 g/mol. The van der Waals surface area contributed by atoms with Crippen LogP contribution in [0.2, 0.25) is 0 Å². The monoisotopic (exact) mass is 387 g/mol. The highest BCUT2D eigenvalue weighted by atomic mass is 16.2. The number of carbonyl (C=O) groups is 1. The third-order valence-electron chi connectivity index (χ3n) is 5.01. The first-order chi connectivity index (χ1) is 14.1. The molecule has 0 saturated heterocycles. The molecule has 4 nitrogen and oxygen atoms in total. The van der Waals surface area contributed by atoms with Gasteiger partial charge in [0.05, 0.1) is 17.4 Å². The van der Waals surface area contributed by atoms with Gasteiger partial charge in [-0.15, -0.1) is 0 Å². The molecule has 3 rings (SSSR count). The molecule has 0 aliphatic heterocycles. The molecule has 150 valence electrons. The number of pyridine rings is 1. The van der Waals surface area contributed by atoms with Gasteiger partial charge < -0.3 is 9.80 Å². The van der Waals surface area contributed by atoms with Gasteiger partial charge in [-0.3, -0.25) is 9.78 Å². The van der Waals surface area contributed by atoms with E-state index in [0.717, 1.165) is 17.8 Å². The quantitative estimate of drug-likeness (QED) is 0.536. The molecule has 0 aliphatic rings. The third-order valence-corrected chi connectivity index (χ3v) is 5.01. The Morgan fingerprint density at radius 3 is 2.03 bits per heavy atom. The standard InChI is InChI=1S/C25H29N3O/c1-4-27(18-21-11-7-5-8-12-21)25(29)23-15-24(17-26-16-23)28(20(2)3)19-22-13-9-6-10-14-22/h5-17,20H,4,18-19H2,1-3H3. The largest absolute Gasteiger partial charge is 0.364 e. The molecular formula is C25H29N3O. The lowest BCUT2D eigenvalue weighted by Crippen LogP contribution is -2.32. The highest BCUT2D eigenvalue weighted by Crippen LogP contribution is 2.21. The van der Waals surface area contributed by atoms with Crippen LogP contribution in [0.15, 0.2) is 79.1 Å². The van der Waals surface area contributed by atoms with Crippen LogP contribution in [0.3, 0.4) is 0 Å². The van der Waals surface area contributed by atoms with Crippen molar-refractivity contribution in [1.82, 2.24) is 9.88 Å². The third kappa shape index (κ3) is 5.44. The molecule has 0 radical (unpaired) electrons. The van der Waals surface area contributed by atoms with E-state index in [1.54, 1.807) is 6.20 Å². The lowest BCUT2D eigenvalue weighted by Gasteiger charge is -2.29. The zero-order valence-electron chi connectivity index (χ0n) is 17.5. The van der Waals surface area contributed by atoms with Crippen LogP contribution in [0.5, 0.6) is 0 Å². The number of hydrogen-bond donors (Lipinski definition) is 0. The molecule has 2 aromatic carbocycles. The van der Waals surface area contributed by atoms with Crippen LogP contribution in [0.1, 0.15) is 42.3 Å². The number of nitrogens with zero attached hydrogens (tertiary/aromatic N) is 3. The van der Waals surface area contributed by atoms with E-state index >= 15 is 0 Å². The van der Waals surface area contributed by atoms with Crippen molar-refractivity contribution in [3.63, 3.8) is 0 Å². The van der Waals surface area contributed by atoms with E-state index < -0.39 is 0 Å². The summed E-state index contributed by atoms with van der Waals surface area (Å²) in [7, 11) is 0. The van der Waals surface area contributed by atoms with E-state index in [4.69, 9.17) is 0 Å². The zero-order valence-corrected chi connectivity index (χ0v) is 17.5. The molecule has 1 heterocycles. The number of carbonyl (C=O) groups excluding carboxylic acids is 1. The first-order valence-corrected chi connectivity index (χ1v) is 10.2. The molecule has 0 atom stereocenters. The number of anilines is 1. The summed E-state index contributed by atoms with van der Waals surface area (Å²) in [6.07, 6.45) is 3.51. The van der Waals surface area contributed by atoms with Crippen molar-refractivity contribution < 1.29 is 4.79 Å². The molecule has 0 aliphatic carbocycles. The van der Waals surface area contributed by atoms with E-state index in [0.29, 0.717) is 18.7 Å². The van der Waals surface area contributed by atoms with Gasteiger partial charge in [-0.05, 0) is 38.0 Å². The van der Waals surface area contributed by atoms with E-state index in [1.165, 1.54) is 5.56 Å². The molecule has 0 saturated carbocycles. The van der Waals surface area contributed by atoms with Crippen molar-refractivity contribution in [3.8, 4) is 0 Å². The molecule has 0 N–H and O–H groups in total. The summed E-state index contributed by atoms with van der Waals surface area (Å²) in [5.41, 5.74) is 3.95. The van der Waals surface area contributed by atoms with Crippen LogP contribution in [0.4, 0.5) is 5.69 Å². The molecular weight excluding hydrogens is 358 g/mol. The Morgan fingerprint density at radius 2 is 1.48 bits per heavy atom. The first kappa shape index (κ1) is 20.6. The van der Waals surface area contributed by atoms with Crippen molar-refractivity contribution in [3.05, 3.63) is 95.8 Å². The van der Waals surface area contributed by atoms with Gasteiger partial charge in [-0.1, -0.05) is 60.7 Å². The second-order valence-electron chi connectivity index (χ2n) is 7.44. The van der Waals surface area contributed by atoms with Crippen molar-refractivity contribution in [2.75, 3.05) is 11.4 Å². The lowest BCUT2D eigenvalue weighted by molar-refractivity contribution is 0.0752. The van der Waals surface area contributed by atoms with Crippen LogP contribution < -0.4 is 4.90 Å². The summed E-state index contributed by atoms with van der Waals surface area (Å²) < 4.78 is 0. The fraction of sp³-hybridized carbons (Fsp3) is 0.280. The maximum Gasteiger partial charge on any atom is 0.255 e. The minimum absolute atomic E-state index is 0.00844. The predicted molar refractivity (Wildman–Crippen MR) is 119 cm³/mol. The van der Waals surface area contributed by atoms with Gasteiger partial charge in [0.1, 0.15) is 0 Å². The summed E-state index contributed by atoms with van der Waals surface area (Å²) in [6, 6.07) is 22.7. The Morgan fingerprint density at radius 1 is 0.897 bits per heavy atom. The lowest BCUT2D eigenvalue weighted by atomic mass is 10.1. The summed E-state index contributed by atoms with van der Waals surface area (Å²) in [5, 5.41) is 0. The van der Waals surface area contributed by atoms with E-state index in [9.17, 15) is 4.79 Å². The van der Waals surface area contributed by atoms with Crippen LogP contribution in [-0.2, 0) is 13.1 Å². The maximum absolute atomic E-state index is 13.2. The minimum Gasteiger partial charge on any atom is -0.364 e. The fourth-order valence-corrected chi connectivity index (χ4v) is 3.37. The van der Waals surface area contributed by atoms with Crippen molar-refractivity contribution in [2.24, 2.45) is 0 Å². The number of hydrogen-bond acceptors (Lipinski definition) is 3. The smallest absolute Gasteiger partial charge is 0.255 e. The van der Waals surface area contributed by atoms with Crippen LogP contribution in [0, 0.1) is 0 Å². The van der Waals surface area contributed by atoms with Gasteiger partial charge in [0, 0.05) is 31.9 Å². The van der Waals surface area contributed by atoms with Crippen LogP contribution >= 0.6 is 0 Å². The second kappa shape index (κ2) is 9.87. The number of benzene rings is 2. The molecule has 0 unspecified atom stereocenters. The van der Waals surface area contributed by atoms with Crippen molar-refractivity contribution in [2.45, 2.75) is 39.9 Å². The first-order valence-electron chi connectivity index (χ1n) is 10.2. The van der Waals surface area contributed by atoms with Gasteiger partial charge in [-0.25, -0.2) is 0 Å².